The average Bonchev–Trinajstić information content (AvgIpc) is 3.52. The number of aryl methyl sites for hydroxylation is 4. The molecule has 6 rings (SSSR count). The van der Waals surface area contributed by atoms with Crippen LogP contribution in [-0.4, -0.2) is 5.92 Å². The Hall–Kier alpha value is -1.96. The molecule has 50 heavy (non-hydrogen) atoms. The standard InChI is InChI=1S/2C22H25.C2H7Si.2ClH.Zr/c2*1-15-9-16(2)11-19(10-15)20-8-6-7-18-12-17(13-21(18)20)14-22(3,4)5;1-3-2;;;/h2*6-13H,14H2,1-5H3;3H,1-2H3;2*1H;/q;;;;;+2/p-2. The Morgan fingerprint density at radius 3 is 1.20 bits per heavy atom. The van der Waals surface area contributed by atoms with Gasteiger partial charge < -0.3 is 0 Å². The number of fused-ring (bicyclic) bond motifs is 2. The number of halogens is 2. The number of hydrogen-bond acceptors (Lipinski definition) is 0. The molecular formula is C46H57Cl2SiZr. The van der Waals surface area contributed by atoms with Gasteiger partial charge in [-0.2, -0.15) is 0 Å². The van der Waals surface area contributed by atoms with Crippen molar-refractivity contribution in [1.29, 1.82) is 0 Å². The molecule has 263 valence electrons. The zero-order valence-corrected chi connectivity index (χ0v) is 37.6. The normalized spacial score (nSPS) is 18.4. The van der Waals surface area contributed by atoms with Crippen molar-refractivity contribution in [2.24, 2.45) is 10.8 Å². The second-order valence-corrected chi connectivity index (χ2v) is 61.0. The summed E-state index contributed by atoms with van der Waals surface area (Å²) in [4.78, 5) is 0. The monoisotopic (exact) mass is 797 g/mol. The average molecular weight is 800 g/mol. The van der Waals surface area contributed by atoms with E-state index in [1.807, 2.05) is 0 Å². The van der Waals surface area contributed by atoms with Gasteiger partial charge in [0.05, 0.1) is 0 Å². The zero-order chi connectivity index (χ0) is 36.6. The molecule has 4 heteroatoms. The Kier molecular flexibility index (Phi) is 9.95. The van der Waals surface area contributed by atoms with Crippen molar-refractivity contribution in [3.8, 4) is 22.3 Å². The van der Waals surface area contributed by atoms with Crippen LogP contribution >= 0.6 is 17.0 Å². The Bertz CT molecular complexity index is 1870. The van der Waals surface area contributed by atoms with Gasteiger partial charge in [0.1, 0.15) is 0 Å². The summed E-state index contributed by atoms with van der Waals surface area (Å²) < 4.78 is 0.131. The van der Waals surface area contributed by atoms with E-state index < -0.39 is 21.5 Å². The van der Waals surface area contributed by atoms with E-state index in [0.29, 0.717) is 0 Å². The van der Waals surface area contributed by atoms with Crippen LogP contribution in [0.5, 0.6) is 0 Å². The maximum atomic E-state index is 8.90. The molecule has 0 aliphatic heterocycles. The molecule has 0 radical (unpaired) electrons. The molecule has 2 unspecified atom stereocenters. The maximum absolute atomic E-state index is 8.90. The van der Waals surface area contributed by atoms with E-state index in [0.717, 1.165) is 12.8 Å². The van der Waals surface area contributed by atoms with E-state index in [1.165, 1.54) is 77.9 Å². The van der Waals surface area contributed by atoms with Crippen LogP contribution in [-0.2, 0) is 15.6 Å². The van der Waals surface area contributed by atoms with Crippen molar-refractivity contribution in [1.82, 2.24) is 0 Å². The van der Waals surface area contributed by atoms with Crippen LogP contribution in [0.3, 0.4) is 0 Å². The van der Waals surface area contributed by atoms with Crippen LogP contribution in [0, 0.1) is 38.5 Å². The predicted molar refractivity (Wildman–Crippen MR) is 223 cm³/mol. The third kappa shape index (κ3) is 6.94. The van der Waals surface area contributed by atoms with Gasteiger partial charge in [-0.25, -0.2) is 0 Å². The molecular weight excluding hydrogens is 743 g/mol. The molecule has 0 fully saturated rings. The van der Waals surface area contributed by atoms with Gasteiger partial charge in [-0.3, -0.25) is 0 Å². The van der Waals surface area contributed by atoms with E-state index in [2.05, 4.69) is 167 Å². The van der Waals surface area contributed by atoms with Crippen LogP contribution < -0.4 is 0 Å². The van der Waals surface area contributed by atoms with Gasteiger partial charge in [0.25, 0.3) is 0 Å². The molecule has 0 heterocycles. The molecule has 0 amide bonds. The molecule has 4 aromatic rings. The first kappa shape index (κ1) is 37.8. The fourth-order valence-electron chi connectivity index (χ4n) is 9.36. The summed E-state index contributed by atoms with van der Waals surface area (Å²) in [6.45, 7) is 28.0. The Morgan fingerprint density at radius 2 is 0.900 bits per heavy atom. The van der Waals surface area contributed by atoms with E-state index >= 15 is 0 Å². The molecule has 4 aromatic carbocycles. The van der Waals surface area contributed by atoms with Crippen molar-refractivity contribution in [3.63, 3.8) is 0 Å². The minimum atomic E-state index is -4.98. The van der Waals surface area contributed by atoms with Crippen molar-refractivity contribution in [2.45, 2.75) is 102 Å². The minimum absolute atomic E-state index is 0.0655. The van der Waals surface area contributed by atoms with E-state index in [9.17, 15) is 0 Å². The molecule has 0 saturated carbocycles. The summed E-state index contributed by atoms with van der Waals surface area (Å²) >= 11 is -4.98. The molecule has 0 saturated heterocycles. The summed E-state index contributed by atoms with van der Waals surface area (Å²) in [7, 11) is 17.8. The third-order valence-electron chi connectivity index (χ3n) is 11.0. The van der Waals surface area contributed by atoms with E-state index in [-0.39, 0.29) is 18.1 Å². The fraction of sp³-hybridized carbons (Fsp3) is 0.391. The Balaban J connectivity index is 1.65. The molecule has 2 aliphatic carbocycles. The molecule has 0 bridgehead atoms. The quantitative estimate of drug-likeness (QED) is 0.163. The molecule has 2 aliphatic rings. The van der Waals surface area contributed by atoms with Gasteiger partial charge in [-0.05, 0) is 0 Å². The van der Waals surface area contributed by atoms with Crippen molar-refractivity contribution < 1.29 is 15.6 Å². The second kappa shape index (κ2) is 13.2. The van der Waals surface area contributed by atoms with E-state index in [4.69, 9.17) is 17.0 Å². The first-order chi connectivity index (χ1) is 23.2. The molecule has 0 nitrogen and oxygen atoms in total. The zero-order valence-electron chi connectivity index (χ0n) is 32.5. The summed E-state index contributed by atoms with van der Waals surface area (Å²) in [6.07, 6.45) is 7.01. The summed E-state index contributed by atoms with van der Waals surface area (Å²) in [6, 6.07) is 27.8. The van der Waals surface area contributed by atoms with Gasteiger partial charge >= 0.3 is 315 Å². The molecule has 0 aromatic heterocycles. The van der Waals surface area contributed by atoms with Gasteiger partial charge in [0.2, 0.25) is 0 Å². The van der Waals surface area contributed by atoms with Crippen LogP contribution in [0.15, 0.2) is 83.9 Å². The summed E-state index contributed by atoms with van der Waals surface area (Å²) in [5, 5.41) is 0. The number of allylic oxidation sites excluding steroid dienone is 2. The molecule has 2 atom stereocenters. The van der Waals surface area contributed by atoms with Gasteiger partial charge in [-0.1, -0.05) is 0 Å². The van der Waals surface area contributed by atoms with Crippen LogP contribution in [0.4, 0.5) is 0 Å². The number of benzene rings is 4. The molecule has 0 spiro atoms. The van der Waals surface area contributed by atoms with Crippen LogP contribution in [0.2, 0.25) is 13.1 Å². The van der Waals surface area contributed by atoms with Crippen LogP contribution in [0.1, 0.15) is 106 Å². The Morgan fingerprint density at radius 1 is 0.560 bits per heavy atom. The van der Waals surface area contributed by atoms with Gasteiger partial charge in [0, 0.05) is 0 Å². The van der Waals surface area contributed by atoms with E-state index in [1.54, 1.807) is 0 Å². The Labute approximate surface area is 312 Å². The molecule has 0 N–H and O–H groups in total. The first-order valence-corrected chi connectivity index (χ1v) is 34.9. The first-order valence-electron chi connectivity index (χ1n) is 18.6. The second-order valence-electron chi connectivity index (χ2n) is 18.5. The topological polar surface area (TPSA) is 0 Å². The summed E-state index contributed by atoms with van der Waals surface area (Å²) in [5.41, 5.74) is 18.8. The van der Waals surface area contributed by atoms with Crippen molar-refractivity contribution in [2.75, 3.05) is 0 Å². The van der Waals surface area contributed by atoms with Crippen molar-refractivity contribution >= 4 is 35.1 Å². The SMILES string of the molecule is Cc1cc(C)cc(-c2cccc3c2C=C(CC(C)(C)C)[CH]3[Zr]([Cl])([Cl])([CH]2C(CC(C)(C)C)=Cc3c(-c4cc(C)cc(C)c4)cccc32)[SiH](C)C)c1. The predicted octanol–water partition coefficient (Wildman–Crippen LogP) is 14.7. The van der Waals surface area contributed by atoms with Crippen LogP contribution in [0.25, 0.3) is 34.4 Å². The summed E-state index contributed by atoms with van der Waals surface area (Å²) in [5.74, 6) is -1.70. The third-order valence-corrected chi connectivity index (χ3v) is 62.9. The van der Waals surface area contributed by atoms with Gasteiger partial charge in [0.15, 0.2) is 0 Å². The van der Waals surface area contributed by atoms with Crippen molar-refractivity contribution in [3.05, 3.63) is 128 Å². The number of hydrogen-bond donors (Lipinski definition) is 0. The number of rotatable bonds is 7. The fourth-order valence-corrected chi connectivity index (χ4v) is 40.7. The van der Waals surface area contributed by atoms with Gasteiger partial charge in [-0.15, -0.1) is 0 Å².